The molecule has 0 saturated carbocycles. The van der Waals surface area contributed by atoms with E-state index < -0.39 is 10.0 Å². The summed E-state index contributed by atoms with van der Waals surface area (Å²) in [6, 6.07) is 12.6. The van der Waals surface area contributed by atoms with E-state index in [1.807, 2.05) is 20.8 Å². The Hall–Kier alpha value is -2.74. The number of anilines is 1. The Morgan fingerprint density at radius 3 is 2.11 bits per heavy atom. The lowest BCUT2D eigenvalue weighted by molar-refractivity contribution is -0.123. The van der Waals surface area contributed by atoms with Crippen molar-refractivity contribution in [2.75, 3.05) is 24.5 Å². The van der Waals surface area contributed by atoms with Crippen molar-refractivity contribution in [3.05, 3.63) is 48.5 Å². The van der Waals surface area contributed by atoms with Crippen LogP contribution in [-0.2, 0) is 14.8 Å². The van der Waals surface area contributed by atoms with Gasteiger partial charge in [0.15, 0.2) is 6.61 Å². The molecular formula is C20H26N2O5S. The van der Waals surface area contributed by atoms with Crippen LogP contribution in [0.25, 0.3) is 0 Å². The van der Waals surface area contributed by atoms with Crippen LogP contribution in [0.1, 0.15) is 20.8 Å². The van der Waals surface area contributed by atoms with Crippen molar-refractivity contribution in [3.63, 3.8) is 0 Å². The molecular weight excluding hydrogens is 380 g/mol. The quantitative estimate of drug-likeness (QED) is 0.633. The third-order valence-electron chi connectivity index (χ3n) is 3.63. The van der Waals surface area contributed by atoms with Crippen molar-refractivity contribution in [2.45, 2.75) is 25.7 Å². The Balaban J connectivity index is 1.94. The van der Waals surface area contributed by atoms with Gasteiger partial charge in [0.1, 0.15) is 11.5 Å². The Bertz CT molecular complexity index is 862. The number of sulfonamides is 1. The van der Waals surface area contributed by atoms with Gasteiger partial charge in [0.05, 0.1) is 11.5 Å². The molecule has 2 rings (SSSR count). The summed E-state index contributed by atoms with van der Waals surface area (Å²) in [5, 5.41) is 2.75. The Morgan fingerprint density at radius 1 is 0.964 bits per heavy atom. The molecule has 0 fully saturated rings. The fourth-order valence-corrected chi connectivity index (χ4v) is 3.29. The van der Waals surface area contributed by atoms with E-state index in [1.165, 1.54) is 24.3 Å². The number of hydrogen-bond donors (Lipinski definition) is 2. The molecule has 0 heterocycles. The van der Waals surface area contributed by atoms with Crippen molar-refractivity contribution in [2.24, 2.45) is 5.92 Å². The van der Waals surface area contributed by atoms with Gasteiger partial charge in [0.25, 0.3) is 15.9 Å². The van der Waals surface area contributed by atoms with Crippen molar-refractivity contribution < 1.29 is 22.7 Å². The molecule has 0 aromatic heterocycles. The summed E-state index contributed by atoms with van der Waals surface area (Å²) in [7, 11) is -3.73. The van der Waals surface area contributed by atoms with Gasteiger partial charge < -0.3 is 14.8 Å². The molecule has 8 heteroatoms. The Labute approximate surface area is 166 Å². The lowest BCUT2D eigenvalue weighted by Crippen LogP contribution is -2.31. The first-order valence-electron chi connectivity index (χ1n) is 9.05. The van der Waals surface area contributed by atoms with E-state index in [9.17, 15) is 13.2 Å². The zero-order valence-electron chi connectivity index (χ0n) is 16.3. The second-order valence-corrected chi connectivity index (χ2v) is 8.20. The first-order chi connectivity index (χ1) is 13.3. The van der Waals surface area contributed by atoms with E-state index in [0.717, 1.165) is 0 Å². The highest BCUT2D eigenvalue weighted by molar-refractivity contribution is 7.92. The monoisotopic (exact) mass is 406 g/mol. The number of hydrogen-bond acceptors (Lipinski definition) is 5. The maximum Gasteiger partial charge on any atom is 0.261 e. The van der Waals surface area contributed by atoms with Gasteiger partial charge in [-0.2, -0.15) is 0 Å². The van der Waals surface area contributed by atoms with Gasteiger partial charge in [-0.25, -0.2) is 8.42 Å². The molecule has 0 radical (unpaired) electrons. The maximum absolute atomic E-state index is 12.5. The predicted molar refractivity (Wildman–Crippen MR) is 108 cm³/mol. The minimum atomic E-state index is -3.73. The van der Waals surface area contributed by atoms with E-state index in [1.54, 1.807) is 24.3 Å². The van der Waals surface area contributed by atoms with Gasteiger partial charge in [-0.05, 0) is 61.4 Å². The minimum Gasteiger partial charge on any atom is -0.494 e. The van der Waals surface area contributed by atoms with Crippen LogP contribution in [0, 0.1) is 5.92 Å². The largest absolute Gasteiger partial charge is 0.494 e. The second kappa shape index (κ2) is 9.98. The van der Waals surface area contributed by atoms with E-state index in [4.69, 9.17) is 9.47 Å². The number of ether oxygens (including phenoxy) is 2. The number of nitrogens with one attached hydrogen (secondary N) is 2. The zero-order valence-corrected chi connectivity index (χ0v) is 17.1. The molecule has 2 aromatic rings. The molecule has 0 aliphatic rings. The van der Waals surface area contributed by atoms with Gasteiger partial charge in [0.2, 0.25) is 0 Å². The summed E-state index contributed by atoms with van der Waals surface area (Å²) in [4.78, 5) is 11.8. The summed E-state index contributed by atoms with van der Waals surface area (Å²) in [6.45, 7) is 6.88. The van der Waals surface area contributed by atoms with Crippen molar-refractivity contribution in [1.82, 2.24) is 5.32 Å². The molecule has 1 amide bonds. The average molecular weight is 407 g/mol. The molecule has 0 atom stereocenters. The molecule has 0 saturated heterocycles. The molecule has 0 unspecified atom stereocenters. The first kappa shape index (κ1) is 21.6. The zero-order chi connectivity index (χ0) is 20.6. The smallest absolute Gasteiger partial charge is 0.261 e. The molecule has 0 spiro atoms. The van der Waals surface area contributed by atoms with E-state index in [-0.39, 0.29) is 17.4 Å². The molecule has 0 aliphatic heterocycles. The third kappa shape index (κ3) is 6.77. The minimum absolute atomic E-state index is 0.0954. The topological polar surface area (TPSA) is 93.7 Å². The Kier molecular flexibility index (Phi) is 7.69. The number of benzene rings is 2. The van der Waals surface area contributed by atoms with Crippen LogP contribution in [0.5, 0.6) is 11.5 Å². The highest BCUT2D eigenvalue weighted by atomic mass is 32.2. The van der Waals surface area contributed by atoms with Crippen LogP contribution in [0.15, 0.2) is 53.4 Å². The second-order valence-electron chi connectivity index (χ2n) is 6.52. The molecule has 28 heavy (non-hydrogen) atoms. The third-order valence-corrected chi connectivity index (χ3v) is 5.03. The van der Waals surface area contributed by atoms with Crippen LogP contribution in [-0.4, -0.2) is 34.1 Å². The predicted octanol–water partition coefficient (Wildman–Crippen LogP) is 3.04. The number of carbonyl (C=O) groups is 1. The van der Waals surface area contributed by atoms with Gasteiger partial charge in [0, 0.05) is 12.2 Å². The number of amides is 1. The van der Waals surface area contributed by atoms with E-state index in [0.29, 0.717) is 36.3 Å². The normalized spacial score (nSPS) is 11.1. The summed E-state index contributed by atoms with van der Waals surface area (Å²) in [5.41, 5.74) is 0.436. The van der Waals surface area contributed by atoms with Gasteiger partial charge in [-0.15, -0.1) is 0 Å². The van der Waals surface area contributed by atoms with Crippen molar-refractivity contribution in [3.8, 4) is 11.5 Å². The first-order valence-corrected chi connectivity index (χ1v) is 10.5. The molecule has 152 valence electrons. The Morgan fingerprint density at radius 2 is 1.54 bits per heavy atom. The summed E-state index contributed by atoms with van der Waals surface area (Å²) in [6.07, 6.45) is 0. The molecule has 0 bridgehead atoms. The highest BCUT2D eigenvalue weighted by Crippen LogP contribution is 2.21. The van der Waals surface area contributed by atoms with E-state index in [2.05, 4.69) is 10.0 Å². The van der Waals surface area contributed by atoms with Crippen molar-refractivity contribution >= 4 is 21.6 Å². The van der Waals surface area contributed by atoms with Crippen LogP contribution >= 0.6 is 0 Å². The fourth-order valence-electron chi connectivity index (χ4n) is 2.23. The lowest BCUT2D eigenvalue weighted by Gasteiger charge is -2.11. The van der Waals surface area contributed by atoms with Crippen LogP contribution in [0.4, 0.5) is 5.69 Å². The van der Waals surface area contributed by atoms with Crippen LogP contribution in [0.3, 0.4) is 0 Å². The average Bonchev–Trinajstić information content (AvgIpc) is 2.66. The fraction of sp³-hybridized carbons (Fsp3) is 0.350. The van der Waals surface area contributed by atoms with E-state index >= 15 is 0 Å². The van der Waals surface area contributed by atoms with Crippen molar-refractivity contribution in [1.29, 1.82) is 0 Å². The van der Waals surface area contributed by atoms with Gasteiger partial charge in [-0.1, -0.05) is 13.8 Å². The maximum atomic E-state index is 12.5. The van der Waals surface area contributed by atoms with Gasteiger partial charge in [-0.3, -0.25) is 9.52 Å². The summed E-state index contributed by atoms with van der Waals surface area (Å²) in [5.74, 6) is 1.22. The SMILES string of the molecule is CCOc1ccc(NS(=O)(=O)c2ccc(OCC(=O)NCC(C)C)cc2)cc1. The van der Waals surface area contributed by atoms with Crippen LogP contribution in [0.2, 0.25) is 0 Å². The molecule has 0 aliphatic carbocycles. The molecule has 2 N–H and O–H groups in total. The standard InChI is InChI=1S/C20H26N2O5S/c1-4-26-17-7-5-16(6-8-17)22-28(24,25)19-11-9-18(10-12-19)27-14-20(23)21-13-15(2)3/h5-12,15,22H,4,13-14H2,1-3H3,(H,21,23). The molecule has 2 aromatic carbocycles. The van der Waals surface area contributed by atoms with Crippen LogP contribution < -0.4 is 19.5 Å². The summed E-state index contributed by atoms with van der Waals surface area (Å²) >= 11 is 0. The number of rotatable bonds is 10. The molecule has 7 nitrogen and oxygen atoms in total. The lowest BCUT2D eigenvalue weighted by atomic mass is 10.2. The summed E-state index contributed by atoms with van der Waals surface area (Å²) < 4.78 is 38.2. The number of carbonyl (C=O) groups excluding carboxylic acids is 1. The van der Waals surface area contributed by atoms with Gasteiger partial charge >= 0.3 is 0 Å². The highest BCUT2D eigenvalue weighted by Gasteiger charge is 2.14.